The summed E-state index contributed by atoms with van der Waals surface area (Å²) in [6, 6.07) is 15.9. The fourth-order valence-corrected chi connectivity index (χ4v) is 5.57. The van der Waals surface area contributed by atoms with Crippen LogP contribution in [-0.2, 0) is 15.1 Å². The van der Waals surface area contributed by atoms with Crippen LogP contribution in [0.4, 0.5) is 0 Å². The SMILES string of the molecule is CC(C)CN1CC(=O)N2C[C@H](c3ccccc3Cl)c3c([nH]c4ccccc34)[C@@]2(C)C1=O. The van der Waals surface area contributed by atoms with E-state index in [-0.39, 0.29) is 30.2 Å². The van der Waals surface area contributed by atoms with Crippen LogP contribution in [0, 0.1) is 5.92 Å². The number of H-pyrrole nitrogens is 1. The van der Waals surface area contributed by atoms with Crippen molar-refractivity contribution < 1.29 is 9.59 Å². The van der Waals surface area contributed by atoms with Gasteiger partial charge in [-0.1, -0.05) is 61.8 Å². The number of piperazine rings is 1. The Balaban J connectivity index is 1.76. The number of carbonyl (C=O) groups is 2. The van der Waals surface area contributed by atoms with Crippen LogP contribution in [-0.4, -0.2) is 46.2 Å². The topological polar surface area (TPSA) is 56.4 Å². The number of carbonyl (C=O) groups excluding carboxylic acids is 2. The molecule has 2 amide bonds. The van der Waals surface area contributed by atoms with Gasteiger partial charge in [-0.2, -0.15) is 0 Å². The molecule has 0 unspecified atom stereocenters. The first-order chi connectivity index (χ1) is 14.8. The minimum Gasteiger partial charge on any atom is -0.356 e. The van der Waals surface area contributed by atoms with E-state index in [1.165, 1.54) is 0 Å². The molecule has 6 heteroatoms. The maximum Gasteiger partial charge on any atom is 0.254 e. The van der Waals surface area contributed by atoms with Crippen LogP contribution >= 0.6 is 11.6 Å². The maximum atomic E-state index is 13.8. The molecule has 3 heterocycles. The summed E-state index contributed by atoms with van der Waals surface area (Å²) < 4.78 is 0. The van der Waals surface area contributed by atoms with Gasteiger partial charge in [0, 0.05) is 34.9 Å². The Morgan fingerprint density at radius 3 is 2.58 bits per heavy atom. The number of halogens is 1. The third kappa shape index (κ3) is 2.90. The molecule has 0 spiro atoms. The Hall–Kier alpha value is -2.79. The third-order valence-corrected chi connectivity index (χ3v) is 7.03. The van der Waals surface area contributed by atoms with E-state index in [2.05, 4.69) is 24.9 Å². The molecule has 160 valence electrons. The van der Waals surface area contributed by atoms with Crippen molar-refractivity contribution in [3.8, 4) is 0 Å². The van der Waals surface area contributed by atoms with Gasteiger partial charge in [-0.05, 0) is 36.1 Å². The number of nitrogens with zero attached hydrogens (tertiary/aromatic N) is 2. The Bertz CT molecular complexity index is 1200. The summed E-state index contributed by atoms with van der Waals surface area (Å²) >= 11 is 6.61. The highest BCUT2D eigenvalue weighted by molar-refractivity contribution is 6.31. The molecule has 0 aliphatic carbocycles. The predicted octanol–water partition coefficient (Wildman–Crippen LogP) is 4.51. The van der Waals surface area contributed by atoms with Gasteiger partial charge in [-0.15, -0.1) is 0 Å². The number of rotatable bonds is 3. The van der Waals surface area contributed by atoms with Crippen LogP contribution in [0.5, 0.6) is 0 Å². The molecule has 1 N–H and O–H groups in total. The third-order valence-electron chi connectivity index (χ3n) is 6.68. The van der Waals surface area contributed by atoms with E-state index in [1.807, 2.05) is 49.4 Å². The van der Waals surface area contributed by atoms with Crippen molar-refractivity contribution in [3.63, 3.8) is 0 Å². The lowest BCUT2D eigenvalue weighted by Gasteiger charge is -2.51. The predicted molar refractivity (Wildman–Crippen MR) is 122 cm³/mol. The van der Waals surface area contributed by atoms with Crippen LogP contribution in [0.2, 0.25) is 5.02 Å². The van der Waals surface area contributed by atoms with Crippen molar-refractivity contribution in [3.05, 3.63) is 70.4 Å². The second-order valence-electron chi connectivity index (χ2n) is 9.19. The largest absolute Gasteiger partial charge is 0.356 e. The lowest BCUT2D eigenvalue weighted by atomic mass is 9.76. The zero-order valence-corrected chi connectivity index (χ0v) is 18.7. The smallest absolute Gasteiger partial charge is 0.254 e. The maximum absolute atomic E-state index is 13.8. The number of benzene rings is 2. The first-order valence-corrected chi connectivity index (χ1v) is 11.2. The van der Waals surface area contributed by atoms with Crippen LogP contribution in [0.1, 0.15) is 43.5 Å². The molecule has 2 aliphatic heterocycles. The molecule has 2 aliphatic rings. The number of aromatic nitrogens is 1. The van der Waals surface area contributed by atoms with Crippen LogP contribution < -0.4 is 0 Å². The summed E-state index contributed by atoms with van der Waals surface area (Å²) in [7, 11) is 0. The van der Waals surface area contributed by atoms with Crippen molar-refractivity contribution in [1.29, 1.82) is 0 Å². The molecule has 2 atom stereocenters. The van der Waals surface area contributed by atoms with Gasteiger partial charge >= 0.3 is 0 Å². The number of fused-ring (bicyclic) bond motifs is 5. The summed E-state index contributed by atoms with van der Waals surface area (Å²) in [6.07, 6.45) is 0. The van der Waals surface area contributed by atoms with E-state index < -0.39 is 5.54 Å². The summed E-state index contributed by atoms with van der Waals surface area (Å²) in [5.74, 6) is 0.130. The molecule has 1 aromatic heterocycles. The molecule has 1 saturated heterocycles. The van der Waals surface area contributed by atoms with Gasteiger partial charge < -0.3 is 14.8 Å². The number of hydrogen-bond acceptors (Lipinski definition) is 2. The number of nitrogens with one attached hydrogen (secondary N) is 1. The summed E-state index contributed by atoms with van der Waals surface area (Å²) in [5.41, 5.74) is 2.75. The molecule has 3 aromatic rings. The Labute approximate surface area is 187 Å². The van der Waals surface area contributed by atoms with E-state index in [0.717, 1.165) is 27.7 Å². The van der Waals surface area contributed by atoms with Crippen molar-refractivity contribution >= 4 is 34.3 Å². The molecule has 5 nitrogen and oxygen atoms in total. The van der Waals surface area contributed by atoms with E-state index in [4.69, 9.17) is 11.6 Å². The van der Waals surface area contributed by atoms with Gasteiger partial charge in [0.2, 0.25) is 5.91 Å². The first-order valence-electron chi connectivity index (χ1n) is 10.8. The zero-order chi connectivity index (χ0) is 21.9. The minimum absolute atomic E-state index is 0.0220. The highest BCUT2D eigenvalue weighted by Gasteiger charge is 2.56. The molecular weight excluding hydrogens is 410 g/mol. The number of aromatic amines is 1. The van der Waals surface area contributed by atoms with E-state index in [0.29, 0.717) is 18.1 Å². The molecule has 5 rings (SSSR count). The lowest BCUT2D eigenvalue weighted by molar-refractivity contribution is -0.166. The summed E-state index contributed by atoms with van der Waals surface area (Å²) in [5, 5.41) is 1.74. The second kappa shape index (κ2) is 7.13. The summed E-state index contributed by atoms with van der Waals surface area (Å²) in [6.45, 7) is 7.13. The minimum atomic E-state index is -1.06. The highest BCUT2D eigenvalue weighted by atomic mass is 35.5. The Morgan fingerprint density at radius 1 is 1.13 bits per heavy atom. The van der Waals surface area contributed by atoms with Crippen molar-refractivity contribution in [1.82, 2.24) is 14.8 Å². The molecule has 2 aromatic carbocycles. The van der Waals surface area contributed by atoms with Gasteiger partial charge in [-0.3, -0.25) is 9.59 Å². The Kier molecular flexibility index (Phi) is 4.63. The Morgan fingerprint density at radius 2 is 1.84 bits per heavy atom. The van der Waals surface area contributed by atoms with Gasteiger partial charge in [0.05, 0.1) is 12.2 Å². The van der Waals surface area contributed by atoms with Crippen LogP contribution in [0.25, 0.3) is 10.9 Å². The monoisotopic (exact) mass is 435 g/mol. The van der Waals surface area contributed by atoms with E-state index in [1.54, 1.807) is 9.80 Å². The molecular formula is C25H26ClN3O2. The highest BCUT2D eigenvalue weighted by Crippen LogP contribution is 2.49. The van der Waals surface area contributed by atoms with Crippen molar-refractivity contribution in [2.75, 3.05) is 19.6 Å². The number of para-hydroxylation sites is 1. The standard InChI is InChI=1S/C25H26ClN3O2/c1-15(2)12-28-14-21(30)29-13-18(16-8-4-6-10-19(16)26)22-17-9-5-7-11-20(17)27-23(22)25(29,3)24(28)31/h4-11,15,18,27H,12-14H2,1-3H3/t18-,25+/m1/s1. The second-order valence-corrected chi connectivity index (χ2v) is 9.60. The average Bonchev–Trinajstić information content (AvgIpc) is 3.13. The summed E-state index contributed by atoms with van der Waals surface area (Å²) in [4.78, 5) is 34.1. The van der Waals surface area contributed by atoms with Crippen molar-refractivity contribution in [2.45, 2.75) is 32.2 Å². The molecule has 1 fully saturated rings. The molecule has 0 bridgehead atoms. The number of amides is 2. The van der Waals surface area contributed by atoms with E-state index >= 15 is 0 Å². The zero-order valence-electron chi connectivity index (χ0n) is 18.0. The van der Waals surface area contributed by atoms with Gasteiger partial charge in [0.15, 0.2) is 5.54 Å². The van der Waals surface area contributed by atoms with Crippen molar-refractivity contribution in [2.24, 2.45) is 5.92 Å². The molecule has 0 radical (unpaired) electrons. The number of hydrogen-bond donors (Lipinski definition) is 1. The van der Waals surface area contributed by atoms with Gasteiger partial charge in [0.25, 0.3) is 5.91 Å². The molecule has 0 saturated carbocycles. The van der Waals surface area contributed by atoms with Gasteiger partial charge in [-0.25, -0.2) is 0 Å². The normalized spacial score (nSPS) is 23.5. The van der Waals surface area contributed by atoms with Gasteiger partial charge in [0.1, 0.15) is 0 Å². The fraction of sp³-hybridized carbons (Fsp3) is 0.360. The average molecular weight is 436 g/mol. The van der Waals surface area contributed by atoms with E-state index in [9.17, 15) is 9.59 Å². The van der Waals surface area contributed by atoms with Crippen LogP contribution in [0.15, 0.2) is 48.5 Å². The fourth-order valence-electron chi connectivity index (χ4n) is 5.30. The molecule has 31 heavy (non-hydrogen) atoms. The quantitative estimate of drug-likeness (QED) is 0.658. The van der Waals surface area contributed by atoms with Crippen LogP contribution in [0.3, 0.4) is 0 Å². The lowest BCUT2D eigenvalue weighted by Crippen LogP contribution is -2.67. The first kappa shape index (κ1) is 20.1.